The average Bonchev–Trinajstić information content (AvgIpc) is 2.44. The Bertz CT molecular complexity index is 694. The van der Waals surface area contributed by atoms with E-state index in [1.165, 1.54) is 18.4 Å². The van der Waals surface area contributed by atoms with E-state index in [0.29, 0.717) is 5.69 Å². The molecule has 4 nitrogen and oxygen atoms in total. The van der Waals surface area contributed by atoms with Crippen molar-refractivity contribution in [2.24, 2.45) is 5.73 Å². The van der Waals surface area contributed by atoms with Crippen LogP contribution in [-0.2, 0) is 12.0 Å². The van der Waals surface area contributed by atoms with Crippen molar-refractivity contribution in [3.05, 3.63) is 57.5 Å². The molecule has 0 spiro atoms. The topological polar surface area (TPSA) is 60.9 Å². The van der Waals surface area contributed by atoms with Gasteiger partial charge < -0.3 is 5.73 Å². The van der Waals surface area contributed by atoms with E-state index in [2.05, 4.69) is 24.2 Å². The fraction of sp³-hybridized carbons (Fsp3) is 0.444. The van der Waals surface area contributed by atoms with Crippen molar-refractivity contribution >= 4 is 0 Å². The first-order valence-corrected chi connectivity index (χ1v) is 7.82. The second kappa shape index (κ2) is 6.44. The molecule has 1 aromatic carbocycles. The molecule has 0 aliphatic heterocycles. The smallest absolute Gasteiger partial charge is 0.205 e. The number of aryl methyl sites for hydroxylation is 2. The summed E-state index contributed by atoms with van der Waals surface area (Å²) in [6.45, 7) is 7.67. The van der Waals surface area contributed by atoms with Crippen LogP contribution in [0.2, 0.25) is 0 Å². The molecule has 0 saturated carbocycles. The molecule has 0 atom stereocenters. The van der Waals surface area contributed by atoms with Crippen LogP contribution in [0.5, 0.6) is 0 Å². The highest BCUT2D eigenvalue weighted by Gasteiger charge is 2.21. The first-order chi connectivity index (χ1) is 10.3. The van der Waals surface area contributed by atoms with Gasteiger partial charge in [0.05, 0.1) is 11.2 Å². The largest absolute Gasteiger partial charge is 0.320 e. The van der Waals surface area contributed by atoms with Crippen LogP contribution in [-0.4, -0.2) is 9.78 Å². The van der Waals surface area contributed by atoms with Crippen LogP contribution < -0.4 is 11.2 Å². The standard InChI is InChI=1S/C18H25N3O/c1-5-6-7-14-8-10-15(11-9-14)21-13(2)12-16(22)17(20-21)18(3,4)19/h8-12H,5-7,19H2,1-4H3. The Morgan fingerprint density at radius 2 is 1.86 bits per heavy atom. The van der Waals surface area contributed by atoms with Crippen molar-refractivity contribution in [3.63, 3.8) is 0 Å². The van der Waals surface area contributed by atoms with E-state index in [9.17, 15) is 4.79 Å². The van der Waals surface area contributed by atoms with Gasteiger partial charge in [0.2, 0.25) is 5.43 Å². The second-order valence-electron chi connectivity index (χ2n) is 6.40. The molecule has 118 valence electrons. The Labute approximate surface area is 132 Å². The maximum absolute atomic E-state index is 12.1. The Balaban J connectivity index is 2.42. The summed E-state index contributed by atoms with van der Waals surface area (Å²) < 4.78 is 1.79. The summed E-state index contributed by atoms with van der Waals surface area (Å²) in [6, 6.07) is 9.93. The maximum Gasteiger partial charge on any atom is 0.205 e. The summed E-state index contributed by atoms with van der Waals surface area (Å²) in [6.07, 6.45) is 3.48. The predicted octanol–water partition coefficient (Wildman–Crippen LogP) is 3.08. The first kappa shape index (κ1) is 16.4. The van der Waals surface area contributed by atoms with Gasteiger partial charge in [-0.25, -0.2) is 4.68 Å². The molecule has 22 heavy (non-hydrogen) atoms. The Hall–Kier alpha value is -1.94. The number of rotatable bonds is 5. The Kier molecular flexibility index (Phi) is 4.81. The van der Waals surface area contributed by atoms with Gasteiger partial charge >= 0.3 is 0 Å². The highest BCUT2D eigenvalue weighted by molar-refractivity contribution is 5.36. The zero-order chi connectivity index (χ0) is 16.3. The van der Waals surface area contributed by atoms with Gasteiger partial charge in [-0.3, -0.25) is 4.79 Å². The number of nitrogens with zero attached hydrogens (tertiary/aromatic N) is 2. The molecule has 2 N–H and O–H groups in total. The van der Waals surface area contributed by atoms with Gasteiger partial charge in [-0.2, -0.15) is 5.10 Å². The van der Waals surface area contributed by atoms with Crippen molar-refractivity contribution in [1.29, 1.82) is 0 Å². The van der Waals surface area contributed by atoms with Crippen molar-refractivity contribution < 1.29 is 0 Å². The molecule has 0 aliphatic rings. The summed E-state index contributed by atoms with van der Waals surface area (Å²) in [5, 5.41) is 4.48. The number of unbranched alkanes of at least 4 members (excludes halogenated alkanes) is 1. The third-order valence-corrected chi connectivity index (χ3v) is 3.72. The van der Waals surface area contributed by atoms with Crippen LogP contribution in [0, 0.1) is 6.92 Å². The molecule has 0 aliphatic carbocycles. The molecule has 2 aromatic rings. The number of benzene rings is 1. The lowest BCUT2D eigenvalue weighted by atomic mass is 10.0. The molecule has 0 saturated heterocycles. The van der Waals surface area contributed by atoms with Gasteiger partial charge in [-0.05, 0) is 51.3 Å². The molecule has 2 rings (SSSR count). The molecular formula is C18H25N3O. The summed E-state index contributed by atoms with van der Waals surface area (Å²) in [4.78, 5) is 12.1. The number of nitrogens with two attached hydrogens (primary N) is 1. The zero-order valence-electron chi connectivity index (χ0n) is 13.9. The molecule has 0 radical (unpaired) electrons. The summed E-state index contributed by atoms with van der Waals surface area (Å²) in [5.41, 5.74) is 8.65. The second-order valence-corrected chi connectivity index (χ2v) is 6.40. The van der Waals surface area contributed by atoms with Gasteiger partial charge in [-0.1, -0.05) is 25.5 Å². The molecule has 0 fully saturated rings. The molecule has 1 aromatic heterocycles. The SMILES string of the molecule is CCCCc1ccc(-n2nc(C(C)(C)N)c(=O)cc2C)cc1. The van der Waals surface area contributed by atoms with E-state index in [0.717, 1.165) is 17.8 Å². The minimum absolute atomic E-state index is 0.110. The summed E-state index contributed by atoms with van der Waals surface area (Å²) >= 11 is 0. The molecule has 0 amide bonds. The van der Waals surface area contributed by atoms with Gasteiger partial charge in [0.1, 0.15) is 5.69 Å². The average molecular weight is 299 g/mol. The van der Waals surface area contributed by atoms with E-state index >= 15 is 0 Å². The lowest BCUT2D eigenvalue weighted by molar-refractivity contribution is 0.510. The highest BCUT2D eigenvalue weighted by atomic mass is 16.1. The first-order valence-electron chi connectivity index (χ1n) is 7.82. The van der Waals surface area contributed by atoms with Crippen LogP contribution in [0.3, 0.4) is 0 Å². The normalized spacial score (nSPS) is 11.7. The minimum atomic E-state index is -0.756. The van der Waals surface area contributed by atoms with Crippen molar-refractivity contribution in [3.8, 4) is 5.69 Å². The van der Waals surface area contributed by atoms with Crippen LogP contribution >= 0.6 is 0 Å². The molecule has 0 unspecified atom stereocenters. The highest BCUT2D eigenvalue weighted by Crippen LogP contribution is 2.15. The third kappa shape index (κ3) is 3.63. The van der Waals surface area contributed by atoms with E-state index in [1.54, 1.807) is 24.6 Å². The van der Waals surface area contributed by atoms with Gasteiger partial charge in [0.25, 0.3) is 0 Å². The number of hydrogen-bond acceptors (Lipinski definition) is 3. The van der Waals surface area contributed by atoms with E-state index in [-0.39, 0.29) is 5.43 Å². The third-order valence-electron chi connectivity index (χ3n) is 3.72. The van der Waals surface area contributed by atoms with Crippen LogP contribution in [0.25, 0.3) is 5.69 Å². The van der Waals surface area contributed by atoms with Crippen molar-refractivity contribution in [2.45, 2.75) is 52.5 Å². The van der Waals surface area contributed by atoms with Gasteiger partial charge in [0, 0.05) is 11.8 Å². The van der Waals surface area contributed by atoms with Crippen molar-refractivity contribution in [1.82, 2.24) is 9.78 Å². The summed E-state index contributed by atoms with van der Waals surface area (Å²) in [5.74, 6) is 0. The van der Waals surface area contributed by atoms with E-state index in [1.807, 2.05) is 19.1 Å². The predicted molar refractivity (Wildman–Crippen MR) is 90.4 cm³/mol. The van der Waals surface area contributed by atoms with E-state index < -0.39 is 5.54 Å². The zero-order valence-corrected chi connectivity index (χ0v) is 13.9. The minimum Gasteiger partial charge on any atom is -0.320 e. The maximum atomic E-state index is 12.1. The molecule has 1 heterocycles. The number of hydrogen-bond donors (Lipinski definition) is 1. The fourth-order valence-corrected chi connectivity index (χ4v) is 2.44. The van der Waals surface area contributed by atoms with Gasteiger partial charge in [0.15, 0.2) is 0 Å². The fourth-order valence-electron chi connectivity index (χ4n) is 2.44. The van der Waals surface area contributed by atoms with Crippen LogP contribution in [0.1, 0.15) is 50.6 Å². The Morgan fingerprint density at radius 3 is 2.41 bits per heavy atom. The lowest BCUT2D eigenvalue weighted by Gasteiger charge is -2.19. The van der Waals surface area contributed by atoms with Crippen molar-refractivity contribution in [2.75, 3.05) is 0 Å². The Morgan fingerprint density at radius 1 is 1.23 bits per heavy atom. The monoisotopic (exact) mass is 299 g/mol. The van der Waals surface area contributed by atoms with Gasteiger partial charge in [-0.15, -0.1) is 0 Å². The quantitative estimate of drug-likeness (QED) is 0.923. The molecular weight excluding hydrogens is 274 g/mol. The molecule has 4 heteroatoms. The number of aromatic nitrogens is 2. The summed E-state index contributed by atoms with van der Waals surface area (Å²) in [7, 11) is 0. The van der Waals surface area contributed by atoms with Crippen LogP contribution in [0.15, 0.2) is 35.1 Å². The molecule has 0 bridgehead atoms. The van der Waals surface area contributed by atoms with E-state index in [4.69, 9.17) is 5.73 Å². The van der Waals surface area contributed by atoms with Crippen LogP contribution in [0.4, 0.5) is 0 Å². The lowest BCUT2D eigenvalue weighted by Crippen LogP contribution is -2.37.